The van der Waals surface area contributed by atoms with Gasteiger partial charge in [-0.15, -0.1) is 0 Å². The minimum atomic E-state index is -0.568. The van der Waals surface area contributed by atoms with Crippen LogP contribution in [0.4, 0.5) is 0 Å². The van der Waals surface area contributed by atoms with E-state index in [9.17, 15) is 9.90 Å². The average Bonchev–Trinajstić information content (AvgIpc) is 3.05. The number of hydrogen-bond acceptors (Lipinski definition) is 2. The Labute approximate surface area is 97.8 Å². The van der Waals surface area contributed by atoms with Gasteiger partial charge in [0.1, 0.15) is 0 Å². The predicted octanol–water partition coefficient (Wildman–Crippen LogP) is 2.51. The van der Waals surface area contributed by atoms with Gasteiger partial charge in [-0.3, -0.25) is 4.79 Å². The molecule has 0 heterocycles. The lowest BCUT2D eigenvalue weighted by atomic mass is 9.80. The molecule has 2 fully saturated rings. The third kappa shape index (κ3) is 2.57. The summed E-state index contributed by atoms with van der Waals surface area (Å²) in [6.07, 6.45) is 8.86. The minimum absolute atomic E-state index is 0.451. The van der Waals surface area contributed by atoms with Crippen molar-refractivity contribution in [2.45, 2.75) is 57.4 Å². The van der Waals surface area contributed by atoms with E-state index in [4.69, 9.17) is 0 Å². The molecule has 0 bridgehead atoms. The minimum Gasteiger partial charge on any atom is -0.481 e. The van der Waals surface area contributed by atoms with Gasteiger partial charge in [-0.25, -0.2) is 0 Å². The van der Waals surface area contributed by atoms with Gasteiger partial charge in [0.25, 0.3) is 0 Å². The maximum atomic E-state index is 11.6. The number of aliphatic carboxylic acids is 1. The van der Waals surface area contributed by atoms with Crippen molar-refractivity contribution in [3.63, 3.8) is 0 Å². The number of hydrogen-bond donors (Lipinski definition) is 1. The van der Waals surface area contributed by atoms with Gasteiger partial charge in [0, 0.05) is 12.6 Å². The molecule has 0 aromatic heterocycles. The van der Waals surface area contributed by atoms with E-state index in [1.807, 2.05) is 0 Å². The van der Waals surface area contributed by atoms with E-state index in [1.54, 1.807) is 0 Å². The monoisotopic (exact) mass is 225 g/mol. The average molecular weight is 225 g/mol. The highest BCUT2D eigenvalue weighted by atomic mass is 16.4. The molecule has 2 aliphatic carbocycles. The van der Waals surface area contributed by atoms with E-state index in [0.717, 1.165) is 32.2 Å². The smallest absolute Gasteiger partial charge is 0.310 e. The third-order valence-corrected chi connectivity index (χ3v) is 4.24. The highest BCUT2D eigenvalue weighted by Gasteiger charge is 2.41. The molecular formula is C13H23NO2. The summed E-state index contributed by atoms with van der Waals surface area (Å²) in [5.41, 5.74) is -0.451. The topological polar surface area (TPSA) is 40.5 Å². The first kappa shape index (κ1) is 11.9. The molecule has 0 aliphatic heterocycles. The van der Waals surface area contributed by atoms with Gasteiger partial charge in [0.15, 0.2) is 0 Å². The molecule has 1 N–H and O–H groups in total. The molecule has 2 saturated carbocycles. The van der Waals surface area contributed by atoms with Gasteiger partial charge in [-0.1, -0.05) is 25.7 Å². The van der Waals surface area contributed by atoms with Crippen molar-refractivity contribution >= 4 is 5.97 Å². The summed E-state index contributed by atoms with van der Waals surface area (Å²) >= 11 is 0. The molecule has 2 rings (SSSR count). The molecule has 0 aromatic rings. The number of carboxylic acid groups (broad SMARTS) is 1. The van der Waals surface area contributed by atoms with Crippen molar-refractivity contribution in [1.82, 2.24) is 4.90 Å². The molecule has 2 aliphatic rings. The van der Waals surface area contributed by atoms with Crippen LogP contribution in [-0.4, -0.2) is 35.6 Å². The number of carboxylic acids is 1. The molecular weight excluding hydrogens is 202 g/mol. The van der Waals surface area contributed by atoms with Crippen LogP contribution in [0.3, 0.4) is 0 Å². The molecule has 0 amide bonds. The fourth-order valence-corrected chi connectivity index (χ4v) is 2.97. The van der Waals surface area contributed by atoms with Crippen LogP contribution in [0.15, 0.2) is 0 Å². The van der Waals surface area contributed by atoms with Gasteiger partial charge in [-0.05, 0) is 32.7 Å². The van der Waals surface area contributed by atoms with Crippen LogP contribution in [0.25, 0.3) is 0 Å². The van der Waals surface area contributed by atoms with Crippen LogP contribution in [-0.2, 0) is 4.79 Å². The highest BCUT2D eigenvalue weighted by Crippen LogP contribution is 2.38. The van der Waals surface area contributed by atoms with Crippen molar-refractivity contribution in [3.05, 3.63) is 0 Å². The zero-order valence-corrected chi connectivity index (χ0v) is 10.2. The Balaban J connectivity index is 2.03. The molecule has 0 spiro atoms. The van der Waals surface area contributed by atoms with E-state index in [0.29, 0.717) is 6.04 Å². The van der Waals surface area contributed by atoms with E-state index in [1.165, 1.54) is 25.7 Å². The van der Waals surface area contributed by atoms with Crippen molar-refractivity contribution < 1.29 is 9.90 Å². The van der Waals surface area contributed by atoms with Crippen LogP contribution in [0.1, 0.15) is 51.4 Å². The summed E-state index contributed by atoms with van der Waals surface area (Å²) in [6, 6.07) is 0.666. The molecule has 0 unspecified atom stereocenters. The Hall–Kier alpha value is -0.570. The van der Waals surface area contributed by atoms with E-state index >= 15 is 0 Å². The number of nitrogens with zero attached hydrogens (tertiary/aromatic N) is 1. The molecule has 0 aromatic carbocycles. The lowest BCUT2D eigenvalue weighted by molar-refractivity contribution is -0.151. The largest absolute Gasteiger partial charge is 0.481 e. The van der Waals surface area contributed by atoms with Gasteiger partial charge < -0.3 is 10.0 Å². The number of rotatable bonds is 4. The Kier molecular flexibility index (Phi) is 3.53. The molecule has 3 heteroatoms. The summed E-state index contributed by atoms with van der Waals surface area (Å²) in [4.78, 5) is 13.9. The summed E-state index contributed by atoms with van der Waals surface area (Å²) in [5, 5.41) is 9.54. The molecule has 0 atom stereocenters. The summed E-state index contributed by atoms with van der Waals surface area (Å²) < 4.78 is 0. The number of carbonyl (C=O) groups is 1. The molecule has 0 radical (unpaired) electrons. The zero-order valence-electron chi connectivity index (χ0n) is 10.2. The Morgan fingerprint density at radius 1 is 1.25 bits per heavy atom. The third-order valence-electron chi connectivity index (χ3n) is 4.24. The maximum Gasteiger partial charge on any atom is 0.310 e. The van der Waals surface area contributed by atoms with Crippen LogP contribution >= 0.6 is 0 Å². The fourth-order valence-electron chi connectivity index (χ4n) is 2.97. The zero-order chi connectivity index (χ0) is 11.6. The summed E-state index contributed by atoms with van der Waals surface area (Å²) in [6.45, 7) is 0.757. The van der Waals surface area contributed by atoms with Gasteiger partial charge in [0.05, 0.1) is 5.41 Å². The SMILES string of the molecule is CN(CC1(C(=O)O)CCCCCC1)C1CC1. The summed E-state index contributed by atoms with van der Waals surface area (Å²) in [7, 11) is 2.09. The van der Waals surface area contributed by atoms with Gasteiger partial charge >= 0.3 is 5.97 Å². The van der Waals surface area contributed by atoms with Crippen molar-refractivity contribution in [2.75, 3.05) is 13.6 Å². The normalized spacial score (nSPS) is 25.4. The predicted molar refractivity (Wildman–Crippen MR) is 63.4 cm³/mol. The van der Waals surface area contributed by atoms with E-state index in [2.05, 4.69) is 11.9 Å². The van der Waals surface area contributed by atoms with Crippen molar-refractivity contribution in [3.8, 4) is 0 Å². The fraction of sp³-hybridized carbons (Fsp3) is 0.923. The van der Waals surface area contributed by atoms with Crippen LogP contribution in [0.2, 0.25) is 0 Å². The quantitative estimate of drug-likeness (QED) is 0.747. The summed E-state index contributed by atoms with van der Waals surface area (Å²) in [5.74, 6) is -0.568. The lowest BCUT2D eigenvalue weighted by Crippen LogP contribution is -2.42. The second-order valence-corrected chi connectivity index (χ2v) is 5.65. The van der Waals surface area contributed by atoms with E-state index < -0.39 is 11.4 Å². The Bertz CT molecular complexity index is 253. The molecule has 0 saturated heterocycles. The molecule has 92 valence electrons. The van der Waals surface area contributed by atoms with Gasteiger partial charge in [-0.2, -0.15) is 0 Å². The standard InChI is InChI=1S/C13H23NO2/c1-14(11-6-7-11)10-13(12(15)16)8-4-2-3-5-9-13/h11H,2-10H2,1H3,(H,15,16). The van der Waals surface area contributed by atoms with Crippen LogP contribution < -0.4 is 0 Å². The van der Waals surface area contributed by atoms with Crippen LogP contribution in [0, 0.1) is 5.41 Å². The first-order valence-corrected chi connectivity index (χ1v) is 6.58. The van der Waals surface area contributed by atoms with Gasteiger partial charge in [0.2, 0.25) is 0 Å². The first-order valence-electron chi connectivity index (χ1n) is 6.58. The van der Waals surface area contributed by atoms with Crippen molar-refractivity contribution in [2.24, 2.45) is 5.41 Å². The first-order chi connectivity index (χ1) is 7.64. The van der Waals surface area contributed by atoms with E-state index in [-0.39, 0.29) is 0 Å². The second-order valence-electron chi connectivity index (χ2n) is 5.65. The Morgan fingerprint density at radius 3 is 2.25 bits per heavy atom. The Morgan fingerprint density at radius 2 is 1.81 bits per heavy atom. The maximum absolute atomic E-state index is 11.6. The lowest BCUT2D eigenvalue weighted by Gasteiger charge is -2.32. The van der Waals surface area contributed by atoms with Crippen molar-refractivity contribution in [1.29, 1.82) is 0 Å². The van der Waals surface area contributed by atoms with Crippen LogP contribution in [0.5, 0.6) is 0 Å². The molecule has 16 heavy (non-hydrogen) atoms. The highest BCUT2D eigenvalue weighted by molar-refractivity contribution is 5.75. The second kappa shape index (κ2) is 4.74. The molecule has 3 nitrogen and oxygen atoms in total.